The number of primary amides is 1. The average molecular weight is 471 g/mol. The molecule has 0 bridgehead atoms. The summed E-state index contributed by atoms with van der Waals surface area (Å²) in [6, 6.07) is -3.89. The fraction of sp³-hybridized carbons (Fsp3) is 0.762. The number of nitrogens with two attached hydrogens (primary N) is 2. The molecule has 0 aliphatic carbocycles. The van der Waals surface area contributed by atoms with Gasteiger partial charge in [-0.05, 0) is 57.5 Å². The highest BCUT2D eigenvalue weighted by atomic mass is 16.4. The topological polar surface area (TPSA) is 206 Å². The van der Waals surface area contributed by atoms with Crippen LogP contribution in [0.4, 0.5) is 0 Å². The van der Waals surface area contributed by atoms with Crippen LogP contribution in [0, 0.1) is 5.92 Å². The van der Waals surface area contributed by atoms with E-state index >= 15 is 0 Å². The summed E-state index contributed by atoms with van der Waals surface area (Å²) in [6.45, 7) is 4.78. The van der Waals surface area contributed by atoms with Crippen LogP contribution in [0.3, 0.4) is 0 Å². The van der Waals surface area contributed by atoms with Crippen LogP contribution in [-0.4, -0.2) is 72.0 Å². The molecule has 1 saturated heterocycles. The molecule has 4 amide bonds. The fourth-order valence-electron chi connectivity index (χ4n) is 3.59. The molecule has 33 heavy (non-hydrogen) atoms. The van der Waals surface area contributed by atoms with E-state index in [1.807, 2.05) is 13.8 Å². The van der Waals surface area contributed by atoms with Crippen LogP contribution in [0.5, 0.6) is 0 Å². The lowest BCUT2D eigenvalue weighted by molar-refractivity contribution is -0.142. The summed E-state index contributed by atoms with van der Waals surface area (Å²) >= 11 is 0. The van der Waals surface area contributed by atoms with Crippen LogP contribution >= 0.6 is 0 Å². The van der Waals surface area contributed by atoms with Gasteiger partial charge in [-0.25, -0.2) is 4.79 Å². The van der Waals surface area contributed by atoms with E-state index < -0.39 is 60.2 Å². The molecule has 1 fully saturated rings. The largest absolute Gasteiger partial charge is 0.480 e. The molecule has 1 rings (SSSR count). The number of carboxylic acids is 1. The molecule has 188 valence electrons. The lowest BCUT2D eigenvalue weighted by Gasteiger charge is -2.25. The third kappa shape index (κ3) is 10.6. The highest BCUT2D eigenvalue weighted by Gasteiger charge is 2.32. The second-order valence-corrected chi connectivity index (χ2v) is 8.76. The number of unbranched alkanes of at least 4 members (excludes halogenated alkanes) is 1. The van der Waals surface area contributed by atoms with Crippen LogP contribution in [0.2, 0.25) is 0 Å². The van der Waals surface area contributed by atoms with Crippen molar-refractivity contribution in [3.8, 4) is 0 Å². The maximum atomic E-state index is 12.9. The molecule has 0 spiro atoms. The van der Waals surface area contributed by atoms with Crippen molar-refractivity contribution in [2.75, 3.05) is 13.1 Å². The number of rotatable bonds is 15. The minimum absolute atomic E-state index is 0.00608. The highest BCUT2D eigenvalue weighted by molar-refractivity contribution is 5.96. The summed E-state index contributed by atoms with van der Waals surface area (Å²) in [5, 5.41) is 20.0. The van der Waals surface area contributed by atoms with E-state index in [0.29, 0.717) is 32.4 Å². The summed E-state index contributed by atoms with van der Waals surface area (Å²) in [4.78, 5) is 61.2. The third-order valence-corrected chi connectivity index (χ3v) is 5.32. The number of carboxylic acid groups (broad SMARTS) is 1. The van der Waals surface area contributed by atoms with Crippen molar-refractivity contribution in [2.45, 2.75) is 83.0 Å². The molecule has 12 heteroatoms. The molecule has 9 N–H and O–H groups in total. The summed E-state index contributed by atoms with van der Waals surface area (Å²) in [5.74, 6) is -3.80. The Hall–Kier alpha value is -2.73. The van der Waals surface area contributed by atoms with Crippen molar-refractivity contribution >= 4 is 29.6 Å². The van der Waals surface area contributed by atoms with Gasteiger partial charge in [0.15, 0.2) is 0 Å². The van der Waals surface area contributed by atoms with Crippen LogP contribution < -0.4 is 32.7 Å². The Kier molecular flexibility index (Phi) is 12.4. The van der Waals surface area contributed by atoms with Crippen molar-refractivity contribution in [1.29, 1.82) is 0 Å². The van der Waals surface area contributed by atoms with Crippen molar-refractivity contribution in [1.82, 2.24) is 21.3 Å². The standard InChI is InChI=1S/C21H38N6O6/c1-12(2)10-15(19(30)25-14(21(32)33)6-3-4-8-22)26-20(31)16(11-17(23)28)27-18(29)13-7-5-9-24-13/h12-16,24H,3-11,22H2,1-2H3,(H2,23,28)(H,25,30)(H,26,31)(H,27,29)(H,32,33). The lowest BCUT2D eigenvalue weighted by atomic mass is 10.0. The van der Waals surface area contributed by atoms with Gasteiger partial charge in [-0.15, -0.1) is 0 Å². The SMILES string of the molecule is CC(C)CC(NC(=O)C(CC(N)=O)NC(=O)C1CCCN1)C(=O)NC(CCCCN)C(=O)O. The first-order valence-corrected chi connectivity index (χ1v) is 11.4. The second-order valence-electron chi connectivity index (χ2n) is 8.76. The Morgan fingerprint density at radius 1 is 1.00 bits per heavy atom. The van der Waals surface area contributed by atoms with E-state index in [1.165, 1.54) is 0 Å². The quantitative estimate of drug-likeness (QED) is 0.137. The molecule has 1 aliphatic heterocycles. The summed E-state index contributed by atoms with van der Waals surface area (Å²) < 4.78 is 0. The molecular formula is C21H38N6O6. The Morgan fingerprint density at radius 2 is 1.64 bits per heavy atom. The fourth-order valence-corrected chi connectivity index (χ4v) is 3.59. The molecule has 0 aromatic heterocycles. The van der Waals surface area contributed by atoms with E-state index in [4.69, 9.17) is 11.5 Å². The Bertz CT molecular complexity index is 695. The van der Waals surface area contributed by atoms with Crippen LogP contribution in [0.1, 0.15) is 58.8 Å². The molecule has 0 radical (unpaired) electrons. The normalized spacial score (nSPS) is 18.2. The van der Waals surface area contributed by atoms with E-state index in [2.05, 4.69) is 21.3 Å². The maximum absolute atomic E-state index is 12.9. The Morgan fingerprint density at radius 3 is 2.15 bits per heavy atom. The van der Waals surface area contributed by atoms with E-state index in [0.717, 1.165) is 6.42 Å². The zero-order valence-electron chi connectivity index (χ0n) is 19.4. The Labute approximate surface area is 194 Å². The first-order valence-electron chi connectivity index (χ1n) is 11.4. The lowest BCUT2D eigenvalue weighted by Crippen LogP contribution is -2.57. The molecule has 0 aromatic carbocycles. The summed E-state index contributed by atoms with van der Waals surface area (Å²) in [7, 11) is 0. The van der Waals surface area contributed by atoms with Gasteiger partial charge < -0.3 is 37.8 Å². The molecule has 1 heterocycles. The molecule has 0 aromatic rings. The van der Waals surface area contributed by atoms with Gasteiger partial charge in [0, 0.05) is 0 Å². The molecule has 4 atom stereocenters. The van der Waals surface area contributed by atoms with Crippen LogP contribution in [-0.2, 0) is 24.0 Å². The average Bonchev–Trinajstić information content (AvgIpc) is 3.26. The van der Waals surface area contributed by atoms with E-state index in [-0.39, 0.29) is 18.8 Å². The minimum atomic E-state index is -1.25. The monoisotopic (exact) mass is 470 g/mol. The Balaban J connectivity index is 2.89. The van der Waals surface area contributed by atoms with Crippen molar-refractivity contribution in [3.05, 3.63) is 0 Å². The molecular weight excluding hydrogens is 432 g/mol. The van der Waals surface area contributed by atoms with Gasteiger partial charge >= 0.3 is 5.97 Å². The highest BCUT2D eigenvalue weighted by Crippen LogP contribution is 2.09. The van der Waals surface area contributed by atoms with Crippen LogP contribution in [0.25, 0.3) is 0 Å². The third-order valence-electron chi connectivity index (χ3n) is 5.32. The molecule has 0 saturated carbocycles. The minimum Gasteiger partial charge on any atom is -0.480 e. The number of aliphatic carboxylic acids is 1. The van der Waals surface area contributed by atoms with Gasteiger partial charge in [0.1, 0.15) is 18.1 Å². The number of hydrogen-bond donors (Lipinski definition) is 7. The molecule has 12 nitrogen and oxygen atoms in total. The van der Waals surface area contributed by atoms with Gasteiger partial charge in [0.2, 0.25) is 23.6 Å². The number of amides is 4. The van der Waals surface area contributed by atoms with Gasteiger partial charge in [-0.3, -0.25) is 19.2 Å². The van der Waals surface area contributed by atoms with Gasteiger partial charge in [0.05, 0.1) is 12.5 Å². The summed E-state index contributed by atoms with van der Waals surface area (Å²) in [5.41, 5.74) is 10.7. The maximum Gasteiger partial charge on any atom is 0.326 e. The molecule has 4 unspecified atom stereocenters. The zero-order chi connectivity index (χ0) is 25.0. The zero-order valence-corrected chi connectivity index (χ0v) is 19.4. The first-order chi connectivity index (χ1) is 15.5. The van der Waals surface area contributed by atoms with Crippen LogP contribution in [0.15, 0.2) is 0 Å². The van der Waals surface area contributed by atoms with E-state index in [9.17, 15) is 29.1 Å². The number of nitrogens with one attached hydrogen (secondary N) is 4. The smallest absolute Gasteiger partial charge is 0.326 e. The van der Waals surface area contributed by atoms with Gasteiger partial charge in [0.25, 0.3) is 0 Å². The summed E-state index contributed by atoms with van der Waals surface area (Å²) in [6.07, 6.45) is 2.57. The number of carbonyl (C=O) groups excluding carboxylic acids is 4. The number of hydrogen-bond acceptors (Lipinski definition) is 7. The van der Waals surface area contributed by atoms with E-state index in [1.54, 1.807) is 0 Å². The first kappa shape index (κ1) is 28.3. The number of carbonyl (C=O) groups is 5. The van der Waals surface area contributed by atoms with Crippen molar-refractivity contribution < 1.29 is 29.1 Å². The predicted molar refractivity (Wildman–Crippen MR) is 121 cm³/mol. The second kappa shape index (κ2) is 14.4. The van der Waals surface area contributed by atoms with Crippen molar-refractivity contribution in [3.63, 3.8) is 0 Å². The predicted octanol–water partition coefficient (Wildman–Crippen LogP) is -1.67. The van der Waals surface area contributed by atoms with Crippen molar-refractivity contribution in [2.24, 2.45) is 17.4 Å². The van der Waals surface area contributed by atoms with Gasteiger partial charge in [-0.2, -0.15) is 0 Å². The van der Waals surface area contributed by atoms with Gasteiger partial charge in [-0.1, -0.05) is 13.8 Å². The molecule has 1 aliphatic rings.